The van der Waals surface area contributed by atoms with Gasteiger partial charge in [-0.15, -0.1) is 0 Å². The Kier molecular flexibility index (Phi) is 8.67. The zero-order valence-electron chi connectivity index (χ0n) is 22.2. The van der Waals surface area contributed by atoms with E-state index < -0.39 is 0 Å². The second-order valence-corrected chi connectivity index (χ2v) is 10.1. The van der Waals surface area contributed by atoms with E-state index in [1.54, 1.807) is 25.9 Å². The normalized spacial score (nSPS) is 18.0. The summed E-state index contributed by atoms with van der Waals surface area (Å²) in [5.41, 5.74) is 3.93. The minimum absolute atomic E-state index is 0.0182. The molecule has 8 nitrogen and oxygen atoms in total. The Balaban J connectivity index is 1.24. The lowest BCUT2D eigenvalue weighted by Crippen LogP contribution is -2.52. The molecule has 2 amide bonds. The van der Waals surface area contributed by atoms with Gasteiger partial charge in [0.15, 0.2) is 0 Å². The number of hydrogen-bond donors (Lipinski definition) is 0. The van der Waals surface area contributed by atoms with Crippen LogP contribution in [0.25, 0.3) is 0 Å². The van der Waals surface area contributed by atoms with Crippen molar-refractivity contribution in [3.63, 3.8) is 0 Å². The Morgan fingerprint density at radius 3 is 2.72 bits per heavy atom. The van der Waals surface area contributed by atoms with E-state index >= 15 is 0 Å². The number of piperazine rings is 1. The van der Waals surface area contributed by atoms with Crippen LogP contribution in [-0.4, -0.2) is 84.1 Å². The zero-order chi connectivity index (χ0) is 25.7. The molecule has 1 aliphatic heterocycles. The fraction of sp³-hybridized carbons (Fsp3) is 0.607. The standard InChI is InChI=1S/C28H40N4O4/c1-5-12-30(24-10-8-22-9-11-25(35-4)18-23(22)17-24)13-6-7-14-31-15-16-32(19-26(31)33)28(34)27-20(2)29-36-21(27)3/h9,11,18,24H,5-8,10,12-17,19H2,1-4H3. The van der Waals surface area contributed by atoms with Gasteiger partial charge in [0.05, 0.1) is 12.8 Å². The molecule has 0 N–H and O–H groups in total. The van der Waals surface area contributed by atoms with Crippen molar-refractivity contribution < 1.29 is 18.8 Å². The smallest absolute Gasteiger partial charge is 0.259 e. The summed E-state index contributed by atoms with van der Waals surface area (Å²) in [6.45, 7) is 9.88. The largest absolute Gasteiger partial charge is 0.497 e. The van der Waals surface area contributed by atoms with Crippen molar-refractivity contribution in [3.8, 4) is 5.75 Å². The predicted octanol–water partition coefficient (Wildman–Crippen LogP) is 3.63. The van der Waals surface area contributed by atoms with Crippen LogP contribution in [0.15, 0.2) is 22.7 Å². The number of benzene rings is 1. The first-order valence-electron chi connectivity index (χ1n) is 13.3. The molecule has 8 heteroatoms. The average Bonchev–Trinajstić information content (AvgIpc) is 3.22. The molecular weight excluding hydrogens is 456 g/mol. The Labute approximate surface area is 214 Å². The van der Waals surface area contributed by atoms with Crippen LogP contribution in [0.2, 0.25) is 0 Å². The van der Waals surface area contributed by atoms with E-state index in [-0.39, 0.29) is 18.4 Å². The van der Waals surface area contributed by atoms with Gasteiger partial charge in [0.2, 0.25) is 5.91 Å². The highest BCUT2D eigenvalue weighted by Gasteiger charge is 2.30. The van der Waals surface area contributed by atoms with Crippen LogP contribution in [0.3, 0.4) is 0 Å². The molecular formula is C28H40N4O4. The van der Waals surface area contributed by atoms with Crippen LogP contribution in [0.5, 0.6) is 5.75 Å². The van der Waals surface area contributed by atoms with Gasteiger partial charge in [-0.05, 0) is 88.7 Å². The van der Waals surface area contributed by atoms with Crippen LogP contribution < -0.4 is 4.74 Å². The maximum atomic E-state index is 12.9. The van der Waals surface area contributed by atoms with Crippen molar-refractivity contribution in [3.05, 3.63) is 46.3 Å². The third kappa shape index (κ3) is 5.91. The lowest BCUT2D eigenvalue weighted by molar-refractivity contribution is -0.135. The molecule has 36 heavy (non-hydrogen) atoms. The Morgan fingerprint density at radius 1 is 1.19 bits per heavy atom. The fourth-order valence-electron chi connectivity index (χ4n) is 5.60. The van der Waals surface area contributed by atoms with Crippen molar-refractivity contribution in [1.29, 1.82) is 0 Å². The van der Waals surface area contributed by atoms with Gasteiger partial charge < -0.3 is 24.0 Å². The number of aryl methyl sites for hydroxylation is 3. The van der Waals surface area contributed by atoms with Crippen molar-refractivity contribution >= 4 is 11.8 Å². The second-order valence-electron chi connectivity index (χ2n) is 10.1. The summed E-state index contributed by atoms with van der Waals surface area (Å²) in [6.07, 6.45) is 6.57. The number of methoxy groups -OCH3 is 1. The van der Waals surface area contributed by atoms with E-state index in [0.717, 1.165) is 57.5 Å². The molecule has 4 rings (SSSR count). The number of carbonyl (C=O) groups excluding carboxylic acids is 2. The van der Waals surface area contributed by atoms with Gasteiger partial charge in [-0.25, -0.2) is 0 Å². The number of unbranched alkanes of at least 4 members (excludes halogenated alkanes) is 1. The number of carbonyl (C=O) groups is 2. The van der Waals surface area contributed by atoms with Gasteiger partial charge in [-0.3, -0.25) is 9.59 Å². The molecule has 1 unspecified atom stereocenters. The number of hydrogen-bond acceptors (Lipinski definition) is 6. The predicted molar refractivity (Wildman–Crippen MR) is 138 cm³/mol. The highest BCUT2D eigenvalue weighted by atomic mass is 16.5. The van der Waals surface area contributed by atoms with Crippen molar-refractivity contribution in [2.75, 3.05) is 46.4 Å². The molecule has 0 radical (unpaired) electrons. The SMILES string of the molecule is CCCN(CCCCN1CCN(C(=O)c2c(C)noc2C)CC1=O)C1CCc2ccc(OC)cc2C1. The fourth-order valence-corrected chi connectivity index (χ4v) is 5.60. The number of fused-ring (bicyclic) bond motifs is 1. The van der Waals surface area contributed by atoms with E-state index in [1.165, 1.54) is 17.5 Å². The molecule has 2 aromatic rings. The molecule has 0 bridgehead atoms. The van der Waals surface area contributed by atoms with Crippen LogP contribution >= 0.6 is 0 Å². The molecule has 1 aromatic heterocycles. The quantitative estimate of drug-likeness (QED) is 0.468. The third-order valence-corrected chi connectivity index (χ3v) is 7.62. The monoisotopic (exact) mass is 496 g/mol. The second kappa shape index (κ2) is 11.9. The van der Waals surface area contributed by atoms with Gasteiger partial charge in [0.25, 0.3) is 5.91 Å². The highest BCUT2D eigenvalue weighted by molar-refractivity contribution is 5.98. The van der Waals surface area contributed by atoms with Crippen LogP contribution in [0.1, 0.15) is 65.5 Å². The van der Waals surface area contributed by atoms with Crippen molar-refractivity contribution in [1.82, 2.24) is 19.9 Å². The summed E-state index contributed by atoms with van der Waals surface area (Å²) < 4.78 is 10.6. The minimum atomic E-state index is -0.166. The molecule has 1 saturated heterocycles. The minimum Gasteiger partial charge on any atom is -0.497 e. The molecule has 2 heterocycles. The Bertz CT molecular complexity index is 1050. The average molecular weight is 497 g/mol. The number of amides is 2. The van der Waals surface area contributed by atoms with E-state index in [2.05, 4.69) is 35.2 Å². The molecule has 1 aromatic carbocycles. The summed E-state index contributed by atoms with van der Waals surface area (Å²) in [7, 11) is 1.73. The first kappa shape index (κ1) is 26.2. The topological polar surface area (TPSA) is 79.1 Å². The number of ether oxygens (including phenoxy) is 1. The lowest BCUT2D eigenvalue weighted by Gasteiger charge is -2.36. The van der Waals surface area contributed by atoms with Crippen LogP contribution in [-0.2, 0) is 17.6 Å². The van der Waals surface area contributed by atoms with Gasteiger partial charge in [-0.1, -0.05) is 18.1 Å². The highest BCUT2D eigenvalue weighted by Crippen LogP contribution is 2.28. The van der Waals surface area contributed by atoms with E-state index in [0.29, 0.717) is 36.1 Å². The zero-order valence-corrected chi connectivity index (χ0v) is 22.2. The number of rotatable bonds is 10. The summed E-state index contributed by atoms with van der Waals surface area (Å²) in [6, 6.07) is 7.04. The number of nitrogens with zero attached hydrogens (tertiary/aromatic N) is 4. The van der Waals surface area contributed by atoms with Crippen molar-refractivity contribution in [2.24, 2.45) is 0 Å². The summed E-state index contributed by atoms with van der Waals surface area (Å²) in [5.74, 6) is 1.30. The maximum Gasteiger partial charge on any atom is 0.259 e. The maximum absolute atomic E-state index is 12.9. The molecule has 1 fully saturated rings. The molecule has 2 aliphatic rings. The number of aromatic nitrogens is 1. The summed E-state index contributed by atoms with van der Waals surface area (Å²) in [4.78, 5) is 31.8. The van der Waals surface area contributed by atoms with E-state index in [4.69, 9.17) is 9.26 Å². The lowest BCUT2D eigenvalue weighted by atomic mass is 9.87. The van der Waals surface area contributed by atoms with Gasteiger partial charge in [0.1, 0.15) is 23.6 Å². The first-order chi connectivity index (χ1) is 17.4. The van der Waals surface area contributed by atoms with Crippen LogP contribution in [0.4, 0.5) is 0 Å². The molecule has 196 valence electrons. The first-order valence-corrected chi connectivity index (χ1v) is 13.3. The van der Waals surface area contributed by atoms with Gasteiger partial charge in [-0.2, -0.15) is 0 Å². The van der Waals surface area contributed by atoms with E-state index in [1.807, 2.05) is 4.90 Å². The molecule has 1 atom stereocenters. The Hall–Kier alpha value is -2.87. The Morgan fingerprint density at radius 2 is 2.03 bits per heavy atom. The molecule has 0 spiro atoms. The molecule has 0 saturated carbocycles. The summed E-state index contributed by atoms with van der Waals surface area (Å²) in [5, 5.41) is 3.87. The van der Waals surface area contributed by atoms with Crippen LogP contribution in [0, 0.1) is 13.8 Å². The van der Waals surface area contributed by atoms with Gasteiger partial charge in [0, 0.05) is 25.7 Å². The summed E-state index contributed by atoms with van der Waals surface area (Å²) >= 11 is 0. The van der Waals surface area contributed by atoms with E-state index in [9.17, 15) is 9.59 Å². The van der Waals surface area contributed by atoms with Crippen molar-refractivity contribution in [2.45, 2.75) is 65.3 Å². The third-order valence-electron chi connectivity index (χ3n) is 7.62. The molecule has 1 aliphatic carbocycles. The van der Waals surface area contributed by atoms with Gasteiger partial charge >= 0.3 is 0 Å².